The lowest BCUT2D eigenvalue weighted by atomic mass is 9.92. The SMILES string of the molecule is C.C.CC1CC(=O)CC1N.CCC(N)/C=N/NC(C)=O.[B]C(=O)C(N)CC.[B]C(O)C(N)CC. The largest absolute Gasteiger partial charge is 0.401 e. The summed E-state index contributed by atoms with van der Waals surface area (Å²) in [5.74, 6) is 0.562. The summed E-state index contributed by atoms with van der Waals surface area (Å²) in [5, 5.41) is 12.1. The average molecular weight is 484 g/mol. The number of Topliss-reactive ketones (excluding diaryl/α,β-unsaturated/α-hetero) is 1. The van der Waals surface area contributed by atoms with Gasteiger partial charge in [0.25, 0.3) is 0 Å². The number of rotatable bonds is 7. The molecule has 4 radical (unpaired) electrons. The Labute approximate surface area is 210 Å². The molecule has 0 saturated heterocycles. The van der Waals surface area contributed by atoms with Gasteiger partial charge in [0.05, 0.1) is 11.7 Å². The lowest BCUT2D eigenvalue weighted by molar-refractivity contribution is -0.119. The summed E-state index contributed by atoms with van der Waals surface area (Å²) >= 11 is 0. The highest BCUT2D eigenvalue weighted by molar-refractivity contribution is 6.59. The third kappa shape index (κ3) is 28.4. The van der Waals surface area contributed by atoms with E-state index in [1.54, 1.807) is 0 Å². The molecule has 198 valence electrons. The minimum atomic E-state index is -0.856. The van der Waals surface area contributed by atoms with Crippen molar-refractivity contribution in [3.63, 3.8) is 0 Å². The molecular formula is C22H50B2N6O4. The van der Waals surface area contributed by atoms with Crippen molar-refractivity contribution in [3.05, 3.63) is 0 Å². The quantitative estimate of drug-likeness (QED) is 0.165. The minimum absolute atomic E-state index is 0. The zero-order chi connectivity index (χ0) is 25.9. The smallest absolute Gasteiger partial charge is 0.236 e. The molecule has 12 heteroatoms. The second kappa shape index (κ2) is 26.0. The first-order chi connectivity index (χ1) is 14.7. The van der Waals surface area contributed by atoms with E-state index in [0.29, 0.717) is 31.0 Å². The Morgan fingerprint density at radius 1 is 1.15 bits per heavy atom. The fourth-order valence-corrected chi connectivity index (χ4v) is 1.83. The van der Waals surface area contributed by atoms with Crippen molar-refractivity contribution in [1.82, 2.24) is 5.43 Å². The number of hydrogen-bond donors (Lipinski definition) is 6. The molecule has 6 unspecified atom stereocenters. The Bertz CT molecular complexity index is 541. The van der Waals surface area contributed by atoms with Gasteiger partial charge in [0, 0.05) is 50.1 Å². The maximum absolute atomic E-state index is 10.6. The highest BCUT2D eigenvalue weighted by atomic mass is 16.3. The van der Waals surface area contributed by atoms with Gasteiger partial charge in [-0.05, 0) is 25.2 Å². The van der Waals surface area contributed by atoms with Gasteiger partial charge in [0.2, 0.25) is 5.91 Å². The van der Waals surface area contributed by atoms with Crippen molar-refractivity contribution in [2.24, 2.45) is 34.0 Å². The number of hydrogen-bond acceptors (Lipinski definition) is 9. The highest BCUT2D eigenvalue weighted by Gasteiger charge is 2.25. The van der Waals surface area contributed by atoms with Gasteiger partial charge in [-0.2, -0.15) is 5.10 Å². The zero-order valence-electron chi connectivity index (χ0n) is 20.2. The van der Waals surface area contributed by atoms with Crippen molar-refractivity contribution < 1.29 is 19.5 Å². The van der Waals surface area contributed by atoms with Crippen molar-refractivity contribution in [2.45, 2.75) is 112 Å². The van der Waals surface area contributed by atoms with Gasteiger partial charge < -0.3 is 32.8 Å². The average Bonchev–Trinajstić information content (AvgIpc) is 3.02. The first kappa shape index (κ1) is 42.6. The van der Waals surface area contributed by atoms with Crippen LogP contribution in [0.15, 0.2) is 5.10 Å². The van der Waals surface area contributed by atoms with E-state index in [4.69, 9.17) is 43.7 Å². The molecule has 1 amide bonds. The molecule has 1 rings (SSSR count). The van der Waals surface area contributed by atoms with Crippen LogP contribution < -0.4 is 28.4 Å². The summed E-state index contributed by atoms with van der Waals surface area (Å²) in [6.07, 6.45) is 4.97. The van der Waals surface area contributed by atoms with E-state index in [-0.39, 0.29) is 38.9 Å². The normalized spacial score (nSPS) is 19.6. The number of hydrazone groups is 1. The molecule has 0 spiro atoms. The molecule has 0 aromatic heterocycles. The standard InChI is InChI=1S/C6H13N3O.C6H11NO.C4H10BNO.C4H8BNO.2CH4/c1-3-6(7)4-8-9-5(2)10;1-4-2-5(8)3-6(4)7;2*1-2-3(6)4(5)7;;/h4,6H,3,7H2,1-2H3,(H,9,10);4,6H,2-3,7H2,1H3;3-4,7H,2,6H2,1H3;3H,2,6H2,1H3;2*1H4/b8-4+;;;;;. The van der Waals surface area contributed by atoms with E-state index in [1.165, 1.54) is 13.1 Å². The molecule has 1 fully saturated rings. The van der Waals surface area contributed by atoms with Gasteiger partial charge in [0.1, 0.15) is 13.6 Å². The molecule has 10 N–H and O–H groups in total. The van der Waals surface area contributed by atoms with Gasteiger partial charge >= 0.3 is 0 Å². The first-order valence-corrected chi connectivity index (χ1v) is 10.8. The van der Waals surface area contributed by atoms with Crippen LogP contribution in [0.2, 0.25) is 0 Å². The number of carbonyl (C=O) groups excluding carboxylic acids is 3. The second-order valence-corrected chi connectivity index (χ2v) is 7.59. The molecular weight excluding hydrogens is 434 g/mol. The highest BCUT2D eigenvalue weighted by Crippen LogP contribution is 2.19. The fraction of sp³-hybridized carbons (Fsp3) is 0.818. The van der Waals surface area contributed by atoms with Crippen molar-refractivity contribution >= 4 is 39.3 Å². The van der Waals surface area contributed by atoms with Gasteiger partial charge in [-0.25, -0.2) is 5.43 Å². The summed E-state index contributed by atoms with van der Waals surface area (Å²) in [5.41, 5.74) is 23.2. The number of amides is 1. The van der Waals surface area contributed by atoms with E-state index in [9.17, 15) is 14.4 Å². The number of nitrogens with zero attached hydrogens (tertiary/aromatic N) is 1. The molecule has 10 nitrogen and oxygen atoms in total. The second-order valence-electron chi connectivity index (χ2n) is 7.59. The molecule has 1 saturated carbocycles. The maximum Gasteiger partial charge on any atom is 0.236 e. The Kier molecular flexibility index (Phi) is 32.6. The lowest BCUT2D eigenvalue weighted by Crippen LogP contribution is -2.33. The molecule has 34 heavy (non-hydrogen) atoms. The maximum atomic E-state index is 10.6. The van der Waals surface area contributed by atoms with Crippen molar-refractivity contribution in [1.29, 1.82) is 0 Å². The summed E-state index contributed by atoms with van der Waals surface area (Å²) in [4.78, 5) is 30.9. The molecule has 0 aromatic carbocycles. The minimum Gasteiger partial charge on any atom is -0.401 e. The van der Waals surface area contributed by atoms with Crippen molar-refractivity contribution in [3.8, 4) is 0 Å². The van der Waals surface area contributed by atoms with E-state index in [2.05, 4.69) is 10.5 Å². The van der Waals surface area contributed by atoms with Gasteiger partial charge in [-0.1, -0.05) is 42.5 Å². The molecule has 0 aliphatic heterocycles. The van der Waals surface area contributed by atoms with Gasteiger partial charge in [0.15, 0.2) is 7.85 Å². The van der Waals surface area contributed by atoms with E-state index >= 15 is 0 Å². The Balaban J connectivity index is -0.000000109. The van der Waals surface area contributed by atoms with Crippen molar-refractivity contribution in [2.75, 3.05) is 0 Å². The van der Waals surface area contributed by atoms with Crippen LogP contribution in [0.5, 0.6) is 0 Å². The summed E-state index contributed by atoms with van der Waals surface area (Å²) in [6.45, 7) is 9.06. The number of nitrogens with two attached hydrogens (primary N) is 4. The van der Waals surface area contributed by atoms with Crippen LogP contribution in [0.4, 0.5) is 0 Å². The Morgan fingerprint density at radius 2 is 1.65 bits per heavy atom. The van der Waals surface area contributed by atoms with Crippen LogP contribution in [-0.4, -0.2) is 74.6 Å². The summed E-state index contributed by atoms with van der Waals surface area (Å²) < 4.78 is 0. The third-order valence-electron chi connectivity index (χ3n) is 4.42. The van der Waals surface area contributed by atoms with E-state index < -0.39 is 17.7 Å². The van der Waals surface area contributed by atoms with Crippen LogP contribution in [0.3, 0.4) is 0 Å². The predicted molar refractivity (Wildman–Crippen MR) is 144 cm³/mol. The lowest BCUT2D eigenvalue weighted by Gasteiger charge is -2.10. The Morgan fingerprint density at radius 3 is 1.79 bits per heavy atom. The van der Waals surface area contributed by atoms with Crippen LogP contribution >= 0.6 is 0 Å². The topological polar surface area (TPSA) is 200 Å². The van der Waals surface area contributed by atoms with Crippen LogP contribution in [0.25, 0.3) is 0 Å². The summed E-state index contributed by atoms with van der Waals surface area (Å²) in [7, 11) is 9.76. The number of nitrogens with one attached hydrogen (secondary N) is 1. The predicted octanol–water partition coefficient (Wildman–Crippen LogP) is 0.0599. The number of aliphatic hydroxyl groups is 1. The molecule has 1 aliphatic carbocycles. The Hall–Kier alpha value is -1.59. The zero-order valence-corrected chi connectivity index (χ0v) is 20.2. The number of aliphatic hydroxyl groups excluding tert-OH is 1. The molecule has 0 bridgehead atoms. The molecule has 0 aromatic rings. The van der Waals surface area contributed by atoms with E-state index in [1.807, 2.05) is 27.7 Å². The van der Waals surface area contributed by atoms with Gasteiger partial charge in [-0.15, -0.1) is 0 Å². The molecule has 0 heterocycles. The van der Waals surface area contributed by atoms with Crippen LogP contribution in [-0.2, 0) is 14.4 Å². The van der Waals surface area contributed by atoms with Crippen LogP contribution in [0, 0.1) is 5.92 Å². The fourth-order valence-electron chi connectivity index (χ4n) is 1.83. The van der Waals surface area contributed by atoms with E-state index in [0.717, 1.165) is 12.8 Å². The monoisotopic (exact) mass is 484 g/mol. The first-order valence-electron chi connectivity index (χ1n) is 10.8. The van der Waals surface area contributed by atoms with Crippen LogP contribution in [0.1, 0.15) is 81.6 Å². The number of ketones is 1. The molecule has 6 atom stereocenters. The third-order valence-corrected chi connectivity index (χ3v) is 4.42. The number of carbonyl (C=O) groups is 3. The van der Waals surface area contributed by atoms with Gasteiger partial charge in [-0.3, -0.25) is 9.59 Å². The molecule has 1 aliphatic rings. The summed E-state index contributed by atoms with van der Waals surface area (Å²) in [6, 6.07) is -1.50.